The topological polar surface area (TPSA) is 49.4 Å². The number of nitrogens with zero attached hydrogens (tertiary/aromatic N) is 1. The summed E-state index contributed by atoms with van der Waals surface area (Å²) in [5.74, 6) is -0.489. The van der Waals surface area contributed by atoms with Crippen molar-refractivity contribution in [3.05, 3.63) is 100 Å². The molecule has 1 heterocycles. The van der Waals surface area contributed by atoms with Crippen molar-refractivity contribution in [2.75, 3.05) is 11.9 Å². The van der Waals surface area contributed by atoms with Crippen LogP contribution in [0.3, 0.4) is 0 Å². The van der Waals surface area contributed by atoms with Crippen molar-refractivity contribution in [2.45, 2.75) is 52.0 Å². The van der Waals surface area contributed by atoms with Crippen LogP contribution in [0.25, 0.3) is 0 Å². The number of hydrogen-bond acceptors (Lipinski definition) is 2. The van der Waals surface area contributed by atoms with E-state index < -0.39 is 0 Å². The lowest BCUT2D eigenvalue weighted by Gasteiger charge is -2.41. The number of rotatable bonds is 4. The minimum absolute atomic E-state index is 0.0161. The molecule has 182 valence electrons. The summed E-state index contributed by atoms with van der Waals surface area (Å²) in [4.78, 5) is 29.3. The number of aryl methyl sites for hydroxylation is 1. The summed E-state index contributed by atoms with van der Waals surface area (Å²) in [6.45, 7) is 8.96. The van der Waals surface area contributed by atoms with Crippen LogP contribution in [0.1, 0.15) is 66.7 Å². The fraction of sp³-hybridized carbons (Fsp3) is 0.333. The van der Waals surface area contributed by atoms with Crippen molar-refractivity contribution >= 4 is 29.1 Å². The van der Waals surface area contributed by atoms with Gasteiger partial charge in [0.2, 0.25) is 5.91 Å². The van der Waals surface area contributed by atoms with E-state index in [-0.39, 0.29) is 29.2 Å². The summed E-state index contributed by atoms with van der Waals surface area (Å²) >= 11 is 6.14. The molecule has 0 spiro atoms. The highest BCUT2D eigenvalue weighted by Crippen LogP contribution is 2.38. The van der Waals surface area contributed by atoms with Crippen molar-refractivity contribution < 1.29 is 9.59 Å². The first-order valence-electron chi connectivity index (χ1n) is 12.2. The van der Waals surface area contributed by atoms with E-state index in [1.54, 1.807) is 12.1 Å². The van der Waals surface area contributed by atoms with Crippen molar-refractivity contribution in [3.63, 3.8) is 0 Å². The highest BCUT2D eigenvalue weighted by Gasteiger charge is 2.40. The summed E-state index contributed by atoms with van der Waals surface area (Å²) in [6.07, 6.45) is 1.48. The molecule has 1 fully saturated rings. The first kappa shape index (κ1) is 25.0. The molecule has 0 saturated carbocycles. The number of hydrogen-bond donors (Lipinski definition) is 1. The molecule has 0 radical (unpaired) electrons. The van der Waals surface area contributed by atoms with Gasteiger partial charge < -0.3 is 10.2 Å². The van der Waals surface area contributed by atoms with Gasteiger partial charge in [0, 0.05) is 22.8 Å². The van der Waals surface area contributed by atoms with Crippen LogP contribution in [0.5, 0.6) is 0 Å². The molecule has 1 saturated heterocycles. The lowest BCUT2D eigenvalue weighted by Crippen LogP contribution is -2.46. The predicted molar refractivity (Wildman–Crippen MR) is 143 cm³/mol. The number of halogens is 1. The first-order chi connectivity index (χ1) is 16.6. The molecule has 1 aliphatic heterocycles. The number of amides is 2. The maximum atomic E-state index is 13.7. The van der Waals surface area contributed by atoms with Crippen LogP contribution in [0.4, 0.5) is 5.69 Å². The zero-order valence-electron chi connectivity index (χ0n) is 20.8. The molecule has 4 nitrogen and oxygen atoms in total. The molecular formula is C30H33ClN2O2. The molecule has 5 heteroatoms. The van der Waals surface area contributed by atoms with Gasteiger partial charge in [-0.05, 0) is 72.2 Å². The van der Waals surface area contributed by atoms with Gasteiger partial charge in [-0.1, -0.05) is 74.8 Å². The van der Waals surface area contributed by atoms with E-state index in [9.17, 15) is 9.59 Å². The summed E-state index contributed by atoms with van der Waals surface area (Å²) in [6, 6.07) is 22.9. The van der Waals surface area contributed by atoms with Gasteiger partial charge in [0.05, 0.1) is 12.0 Å². The van der Waals surface area contributed by atoms with E-state index in [1.165, 1.54) is 0 Å². The van der Waals surface area contributed by atoms with Gasteiger partial charge in [0.25, 0.3) is 5.91 Å². The number of anilines is 1. The second-order valence-electron chi connectivity index (χ2n) is 10.4. The third kappa shape index (κ3) is 5.59. The number of benzene rings is 3. The number of likely N-dealkylation sites (tertiary alicyclic amines) is 1. The molecule has 35 heavy (non-hydrogen) atoms. The minimum atomic E-state index is -0.360. The summed E-state index contributed by atoms with van der Waals surface area (Å²) in [5, 5.41) is 3.75. The molecule has 0 bridgehead atoms. The van der Waals surface area contributed by atoms with E-state index >= 15 is 0 Å². The van der Waals surface area contributed by atoms with Crippen LogP contribution in [0, 0.1) is 12.8 Å². The minimum Gasteiger partial charge on any atom is -0.331 e. The van der Waals surface area contributed by atoms with Crippen molar-refractivity contribution in [2.24, 2.45) is 5.92 Å². The molecule has 0 aliphatic carbocycles. The lowest BCUT2D eigenvalue weighted by atomic mass is 9.83. The van der Waals surface area contributed by atoms with Crippen LogP contribution in [0.15, 0.2) is 72.8 Å². The molecule has 0 unspecified atom stereocenters. The highest BCUT2D eigenvalue weighted by atomic mass is 35.5. The number of piperidine rings is 1. The van der Waals surface area contributed by atoms with Crippen molar-refractivity contribution in [1.29, 1.82) is 0 Å². The molecule has 1 aliphatic rings. The van der Waals surface area contributed by atoms with Gasteiger partial charge in [-0.15, -0.1) is 0 Å². The molecule has 2 atom stereocenters. The standard InChI is InChI=1S/C30H33ClN2O2/c1-20-18-23(31)15-16-25(20)29(35)33-17-9-14-26(27(33)21-10-6-5-7-11-21)28(34)32-24-13-8-12-22(19-24)30(2,3)4/h5-8,10-13,15-16,18-19,26-27H,9,14,17H2,1-4H3,(H,32,34)/t26-,27-/m0/s1. The zero-order valence-corrected chi connectivity index (χ0v) is 21.6. The Morgan fingerprint density at radius 1 is 0.971 bits per heavy atom. The van der Waals surface area contributed by atoms with Crippen LogP contribution in [0.2, 0.25) is 5.02 Å². The fourth-order valence-electron chi connectivity index (χ4n) is 4.88. The van der Waals surface area contributed by atoms with Gasteiger partial charge in [-0.2, -0.15) is 0 Å². The summed E-state index contributed by atoms with van der Waals surface area (Å²) < 4.78 is 0. The van der Waals surface area contributed by atoms with E-state index in [4.69, 9.17) is 11.6 Å². The maximum Gasteiger partial charge on any atom is 0.254 e. The van der Waals surface area contributed by atoms with Crippen molar-refractivity contribution in [3.8, 4) is 0 Å². The smallest absolute Gasteiger partial charge is 0.254 e. The largest absolute Gasteiger partial charge is 0.331 e. The molecular weight excluding hydrogens is 456 g/mol. The molecule has 3 aromatic rings. The van der Waals surface area contributed by atoms with Crippen LogP contribution < -0.4 is 5.32 Å². The maximum absolute atomic E-state index is 13.7. The zero-order chi connectivity index (χ0) is 25.2. The summed E-state index contributed by atoms with van der Waals surface area (Å²) in [7, 11) is 0. The van der Waals surface area contributed by atoms with E-state index in [2.05, 4.69) is 32.2 Å². The Kier molecular flexibility index (Phi) is 7.32. The Hall–Kier alpha value is -3.11. The Balaban J connectivity index is 1.67. The number of nitrogens with one attached hydrogen (secondary N) is 1. The fourth-order valence-corrected chi connectivity index (χ4v) is 5.11. The third-order valence-corrected chi connectivity index (χ3v) is 7.02. The summed E-state index contributed by atoms with van der Waals surface area (Å²) in [5.41, 5.74) is 4.35. The predicted octanol–water partition coefficient (Wildman–Crippen LogP) is 7.18. The van der Waals surface area contributed by atoms with E-state index in [0.29, 0.717) is 23.6 Å². The average Bonchev–Trinajstić information content (AvgIpc) is 2.83. The molecule has 4 rings (SSSR count). The SMILES string of the molecule is Cc1cc(Cl)ccc1C(=O)N1CCC[C@H](C(=O)Nc2cccc(C(C)(C)C)c2)[C@@H]1c1ccccc1. The molecule has 3 aromatic carbocycles. The molecule has 1 N–H and O–H groups in total. The quantitative estimate of drug-likeness (QED) is 0.423. The van der Waals surface area contributed by atoms with Gasteiger partial charge >= 0.3 is 0 Å². The third-order valence-electron chi connectivity index (χ3n) is 6.78. The second-order valence-corrected chi connectivity index (χ2v) is 10.8. The Morgan fingerprint density at radius 2 is 1.71 bits per heavy atom. The van der Waals surface area contributed by atoms with E-state index in [0.717, 1.165) is 28.8 Å². The van der Waals surface area contributed by atoms with Gasteiger partial charge in [-0.3, -0.25) is 9.59 Å². The van der Waals surface area contributed by atoms with Gasteiger partial charge in [0.15, 0.2) is 0 Å². The molecule has 0 aromatic heterocycles. The number of carbonyl (C=O) groups is 2. The normalized spacial score (nSPS) is 18.3. The Morgan fingerprint density at radius 3 is 2.40 bits per heavy atom. The van der Waals surface area contributed by atoms with Crippen LogP contribution >= 0.6 is 11.6 Å². The average molecular weight is 489 g/mol. The monoisotopic (exact) mass is 488 g/mol. The van der Waals surface area contributed by atoms with Crippen LogP contribution in [-0.4, -0.2) is 23.3 Å². The van der Waals surface area contributed by atoms with Crippen molar-refractivity contribution in [1.82, 2.24) is 4.90 Å². The van der Waals surface area contributed by atoms with E-state index in [1.807, 2.05) is 66.4 Å². The second kappa shape index (κ2) is 10.2. The molecule has 2 amide bonds. The first-order valence-corrected chi connectivity index (χ1v) is 12.6. The van der Waals surface area contributed by atoms with Crippen LogP contribution in [-0.2, 0) is 10.2 Å². The van der Waals surface area contributed by atoms with Gasteiger partial charge in [-0.25, -0.2) is 0 Å². The Bertz CT molecular complexity index is 1220. The van der Waals surface area contributed by atoms with Gasteiger partial charge in [0.1, 0.15) is 0 Å². The Labute approximate surface area is 213 Å². The lowest BCUT2D eigenvalue weighted by molar-refractivity contribution is -0.123. The number of carbonyl (C=O) groups excluding carboxylic acids is 2. The highest BCUT2D eigenvalue weighted by molar-refractivity contribution is 6.30.